The third-order valence-electron chi connectivity index (χ3n) is 7.10. The second-order valence-corrected chi connectivity index (χ2v) is 11.9. The van der Waals surface area contributed by atoms with Crippen molar-refractivity contribution in [3.8, 4) is 10.4 Å². The number of amides is 3. The molecule has 3 amide bonds. The molecule has 7 nitrogen and oxygen atoms in total. The minimum absolute atomic E-state index is 0.182. The standard InChI is InChI=1S/C27H35FN4O3S/c1-16(18-8-10-19(11-9-18)21-17(2)29-15-36-21)30-23(33)20-7-6-14-32(20)24(34)22(26(3,4)5)31-25(35)27(28)12-13-27/h8-11,15-16,20,22H,6-7,12-14H2,1-5H3,(H,30,33)(H,31,35). The molecule has 1 aromatic carbocycles. The van der Waals surface area contributed by atoms with Crippen LogP contribution in [0.25, 0.3) is 10.4 Å². The van der Waals surface area contributed by atoms with Crippen molar-refractivity contribution in [1.82, 2.24) is 20.5 Å². The van der Waals surface area contributed by atoms with Gasteiger partial charge in [0.1, 0.15) is 12.1 Å². The number of hydrogen-bond acceptors (Lipinski definition) is 5. The van der Waals surface area contributed by atoms with Gasteiger partial charge in [-0.1, -0.05) is 45.0 Å². The predicted octanol–water partition coefficient (Wildman–Crippen LogP) is 4.32. The number of nitrogens with zero attached hydrogens (tertiary/aromatic N) is 2. The topological polar surface area (TPSA) is 91.4 Å². The molecule has 2 heterocycles. The van der Waals surface area contributed by atoms with Crippen LogP contribution in [0.3, 0.4) is 0 Å². The van der Waals surface area contributed by atoms with Crippen LogP contribution < -0.4 is 10.6 Å². The number of carbonyl (C=O) groups is 3. The summed E-state index contributed by atoms with van der Waals surface area (Å²) in [4.78, 5) is 46.1. The molecule has 0 radical (unpaired) electrons. The fourth-order valence-corrected chi connectivity index (χ4v) is 5.42. The fraction of sp³-hybridized carbons (Fsp3) is 0.556. The molecule has 1 aromatic heterocycles. The minimum Gasteiger partial charge on any atom is -0.348 e. The van der Waals surface area contributed by atoms with Crippen LogP contribution in [0.5, 0.6) is 0 Å². The smallest absolute Gasteiger partial charge is 0.258 e. The molecule has 2 N–H and O–H groups in total. The quantitative estimate of drug-likeness (QED) is 0.576. The maximum absolute atomic E-state index is 14.3. The minimum atomic E-state index is -1.87. The van der Waals surface area contributed by atoms with Gasteiger partial charge in [0.15, 0.2) is 5.67 Å². The molecule has 2 fully saturated rings. The first-order valence-corrected chi connectivity index (χ1v) is 13.4. The lowest BCUT2D eigenvalue weighted by Crippen LogP contribution is -2.59. The van der Waals surface area contributed by atoms with Gasteiger partial charge in [-0.15, -0.1) is 11.3 Å². The average molecular weight is 515 g/mol. The lowest BCUT2D eigenvalue weighted by Gasteiger charge is -2.36. The molecule has 0 spiro atoms. The van der Waals surface area contributed by atoms with Gasteiger partial charge in [0.2, 0.25) is 11.8 Å². The number of benzene rings is 1. The van der Waals surface area contributed by atoms with E-state index in [1.165, 1.54) is 0 Å². The first-order chi connectivity index (χ1) is 16.9. The highest BCUT2D eigenvalue weighted by Gasteiger charge is 2.53. The Morgan fingerprint density at radius 1 is 1.17 bits per heavy atom. The number of alkyl halides is 1. The SMILES string of the molecule is Cc1ncsc1-c1ccc(C(C)NC(=O)C2CCCN2C(=O)C(NC(=O)C2(F)CC2)C(C)(C)C)cc1. The number of carbonyl (C=O) groups excluding carboxylic acids is 3. The van der Waals surface area contributed by atoms with Gasteiger partial charge in [-0.2, -0.15) is 0 Å². The number of aryl methyl sites for hydroxylation is 1. The molecule has 1 saturated heterocycles. The molecule has 0 bridgehead atoms. The van der Waals surface area contributed by atoms with Gasteiger partial charge in [-0.25, -0.2) is 9.37 Å². The van der Waals surface area contributed by atoms with E-state index in [9.17, 15) is 18.8 Å². The monoisotopic (exact) mass is 514 g/mol. The van der Waals surface area contributed by atoms with Crippen LogP contribution in [0.4, 0.5) is 4.39 Å². The Morgan fingerprint density at radius 3 is 2.39 bits per heavy atom. The normalized spacial score (nSPS) is 20.5. The Balaban J connectivity index is 1.43. The van der Waals surface area contributed by atoms with Gasteiger partial charge in [0.25, 0.3) is 5.91 Å². The summed E-state index contributed by atoms with van der Waals surface area (Å²) < 4.78 is 14.3. The lowest BCUT2D eigenvalue weighted by molar-refractivity contribution is -0.145. The van der Waals surface area contributed by atoms with Gasteiger partial charge < -0.3 is 15.5 Å². The van der Waals surface area contributed by atoms with Crippen LogP contribution >= 0.6 is 11.3 Å². The van der Waals surface area contributed by atoms with Gasteiger partial charge in [0.05, 0.1) is 22.1 Å². The van der Waals surface area contributed by atoms with E-state index in [0.717, 1.165) is 21.7 Å². The summed E-state index contributed by atoms with van der Waals surface area (Å²) in [6, 6.07) is 6.26. The molecule has 4 rings (SSSR count). The fourth-order valence-electron chi connectivity index (χ4n) is 4.61. The van der Waals surface area contributed by atoms with Gasteiger partial charge in [-0.05, 0) is 56.1 Å². The third kappa shape index (κ3) is 5.45. The highest BCUT2D eigenvalue weighted by molar-refractivity contribution is 7.13. The van der Waals surface area contributed by atoms with E-state index in [-0.39, 0.29) is 30.7 Å². The molecule has 1 aliphatic heterocycles. The highest BCUT2D eigenvalue weighted by Crippen LogP contribution is 2.40. The molecule has 1 aliphatic carbocycles. The second kappa shape index (κ2) is 9.92. The summed E-state index contributed by atoms with van der Waals surface area (Å²) in [5.41, 5.74) is 2.36. The van der Waals surface area contributed by atoms with Crippen molar-refractivity contribution in [3.63, 3.8) is 0 Å². The van der Waals surface area contributed by atoms with E-state index in [1.54, 1.807) is 16.2 Å². The van der Waals surface area contributed by atoms with E-state index in [4.69, 9.17) is 0 Å². The van der Waals surface area contributed by atoms with Gasteiger partial charge in [-0.3, -0.25) is 14.4 Å². The molecule has 2 aromatic rings. The number of rotatable bonds is 7. The zero-order valence-corrected chi connectivity index (χ0v) is 22.4. The van der Waals surface area contributed by atoms with Crippen LogP contribution in [-0.2, 0) is 14.4 Å². The van der Waals surface area contributed by atoms with Crippen LogP contribution in [0, 0.1) is 12.3 Å². The van der Waals surface area contributed by atoms with Crippen molar-refractivity contribution in [2.24, 2.45) is 5.41 Å². The maximum atomic E-state index is 14.3. The van der Waals surface area contributed by atoms with E-state index in [1.807, 2.05) is 64.4 Å². The van der Waals surface area contributed by atoms with Crippen LogP contribution in [0.1, 0.15) is 70.7 Å². The first-order valence-electron chi connectivity index (χ1n) is 12.5. The molecule has 1 saturated carbocycles. The number of aromatic nitrogens is 1. The lowest BCUT2D eigenvalue weighted by atomic mass is 9.85. The molecule has 9 heteroatoms. The molecule has 3 unspecified atom stereocenters. The van der Waals surface area contributed by atoms with E-state index < -0.39 is 29.1 Å². The molecular formula is C27H35FN4O3S. The molecule has 3 atom stereocenters. The molecule has 2 aliphatic rings. The summed E-state index contributed by atoms with van der Waals surface area (Å²) in [5, 5.41) is 5.69. The largest absolute Gasteiger partial charge is 0.348 e. The summed E-state index contributed by atoms with van der Waals surface area (Å²) >= 11 is 1.59. The van der Waals surface area contributed by atoms with Gasteiger partial charge in [0, 0.05) is 6.54 Å². The third-order valence-corrected chi connectivity index (χ3v) is 8.08. The van der Waals surface area contributed by atoms with Gasteiger partial charge >= 0.3 is 0 Å². The van der Waals surface area contributed by atoms with Crippen LogP contribution in [0.15, 0.2) is 29.8 Å². The summed E-state index contributed by atoms with van der Waals surface area (Å²) in [5.74, 6) is -1.30. The Bertz CT molecular complexity index is 1140. The van der Waals surface area contributed by atoms with Crippen LogP contribution in [-0.4, -0.2) is 51.9 Å². The first kappa shape index (κ1) is 26.3. The molecule has 36 heavy (non-hydrogen) atoms. The summed E-state index contributed by atoms with van der Waals surface area (Å²) in [6.45, 7) is 9.82. The van der Waals surface area contributed by atoms with Crippen molar-refractivity contribution < 1.29 is 18.8 Å². The van der Waals surface area contributed by atoms with Crippen molar-refractivity contribution in [2.45, 2.75) is 84.1 Å². The Labute approximate surface area is 215 Å². The van der Waals surface area contributed by atoms with Crippen LogP contribution in [0.2, 0.25) is 0 Å². The predicted molar refractivity (Wildman–Crippen MR) is 138 cm³/mol. The summed E-state index contributed by atoms with van der Waals surface area (Å²) in [7, 11) is 0. The summed E-state index contributed by atoms with van der Waals surface area (Å²) in [6.07, 6.45) is 1.60. The Hall–Kier alpha value is -2.81. The van der Waals surface area contributed by atoms with Crippen molar-refractivity contribution in [1.29, 1.82) is 0 Å². The number of hydrogen-bond donors (Lipinski definition) is 2. The number of thiazole rings is 1. The molecular weight excluding hydrogens is 479 g/mol. The zero-order chi connectivity index (χ0) is 26.3. The Kier molecular flexibility index (Phi) is 7.23. The number of nitrogens with one attached hydrogen (secondary N) is 2. The number of likely N-dealkylation sites (tertiary alicyclic amines) is 1. The maximum Gasteiger partial charge on any atom is 0.258 e. The second-order valence-electron chi connectivity index (χ2n) is 11.0. The van der Waals surface area contributed by atoms with E-state index in [2.05, 4.69) is 15.6 Å². The van der Waals surface area contributed by atoms with Crippen molar-refractivity contribution >= 4 is 29.1 Å². The van der Waals surface area contributed by atoms with E-state index >= 15 is 0 Å². The number of halogens is 1. The molecule has 194 valence electrons. The van der Waals surface area contributed by atoms with Crippen molar-refractivity contribution in [3.05, 3.63) is 41.0 Å². The average Bonchev–Trinajstić information content (AvgIpc) is 3.21. The highest BCUT2D eigenvalue weighted by atomic mass is 32.1. The van der Waals surface area contributed by atoms with Crippen molar-refractivity contribution in [2.75, 3.05) is 6.54 Å². The van der Waals surface area contributed by atoms with E-state index in [0.29, 0.717) is 19.4 Å². The zero-order valence-electron chi connectivity index (χ0n) is 21.6. The Morgan fingerprint density at radius 2 is 1.83 bits per heavy atom.